The molecule has 0 saturated carbocycles. The molecule has 31 heavy (non-hydrogen) atoms. The van der Waals surface area contributed by atoms with Gasteiger partial charge in [0.15, 0.2) is 0 Å². The van der Waals surface area contributed by atoms with Gasteiger partial charge in [-0.25, -0.2) is 0 Å². The topological polar surface area (TPSA) is 4.41 Å². The summed E-state index contributed by atoms with van der Waals surface area (Å²) in [4.78, 5) is 0. The van der Waals surface area contributed by atoms with Gasteiger partial charge in [0.1, 0.15) is 0 Å². The van der Waals surface area contributed by atoms with Gasteiger partial charge in [0.25, 0.3) is 0 Å². The van der Waals surface area contributed by atoms with E-state index in [1.165, 1.54) is 71.1 Å². The monoisotopic (exact) mass is 395 g/mol. The minimum atomic E-state index is 1.28. The standard InChI is InChI=1S/C30H21N/c1-18-13-19(2)15-21(14-18)22-16-25-24-9-5-6-10-27(24)31-28-12-11-20-7-3-4-8-23(20)29(28)26(17-22)30(25)31/h3-17H,1-2H3. The maximum absolute atomic E-state index is 2.47. The third-order valence-electron chi connectivity index (χ3n) is 6.74. The van der Waals surface area contributed by atoms with Crippen LogP contribution in [-0.2, 0) is 0 Å². The van der Waals surface area contributed by atoms with Crippen LogP contribution in [0.3, 0.4) is 0 Å². The molecule has 1 heteroatoms. The Morgan fingerprint density at radius 3 is 2.03 bits per heavy atom. The molecule has 7 aromatic rings. The normalized spacial score (nSPS) is 12.2. The molecule has 2 heterocycles. The Morgan fingerprint density at radius 1 is 0.516 bits per heavy atom. The molecule has 0 bridgehead atoms. The molecule has 5 aromatic carbocycles. The lowest BCUT2D eigenvalue weighted by Gasteiger charge is -2.08. The van der Waals surface area contributed by atoms with Crippen LogP contribution < -0.4 is 0 Å². The number of hydrogen-bond donors (Lipinski definition) is 0. The molecular weight excluding hydrogens is 374 g/mol. The van der Waals surface area contributed by atoms with E-state index in [1.807, 2.05) is 0 Å². The fourth-order valence-corrected chi connectivity index (χ4v) is 5.58. The van der Waals surface area contributed by atoms with Crippen LogP contribution in [0.5, 0.6) is 0 Å². The van der Waals surface area contributed by atoms with Gasteiger partial charge in [0.05, 0.1) is 16.6 Å². The van der Waals surface area contributed by atoms with E-state index in [9.17, 15) is 0 Å². The number of nitrogens with zero attached hydrogens (tertiary/aromatic N) is 1. The molecule has 146 valence electrons. The van der Waals surface area contributed by atoms with Gasteiger partial charge in [-0.1, -0.05) is 77.9 Å². The first-order valence-electron chi connectivity index (χ1n) is 10.9. The van der Waals surface area contributed by atoms with Gasteiger partial charge in [0, 0.05) is 21.5 Å². The van der Waals surface area contributed by atoms with E-state index < -0.39 is 0 Å². The number of aromatic nitrogens is 1. The average molecular weight is 396 g/mol. The fraction of sp³-hybridized carbons (Fsp3) is 0.0667. The molecule has 0 atom stereocenters. The first-order valence-corrected chi connectivity index (χ1v) is 10.9. The zero-order chi connectivity index (χ0) is 20.7. The molecule has 2 aromatic heterocycles. The number of aryl methyl sites for hydroxylation is 2. The van der Waals surface area contributed by atoms with Gasteiger partial charge in [-0.2, -0.15) is 0 Å². The smallest absolute Gasteiger partial charge is 0.0621 e. The largest absolute Gasteiger partial charge is 0.308 e. The number of hydrogen-bond acceptors (Lipinski definition) is 0. The first-order chi connectivity index (χ1) is 15.2. The van der Waals surface area contributed by atoms with Gasteiger partial charge in [-0.15, -0.1) is 0 Å². The molecule has 0 unspecified atom stereocenters. The van der Waals surface area contributed by atoms with E-state index in [2.05, 4.69) is 109 Å². The van der Waals surface area contributed by atoms with E-state index in [-0.39, 0.29) is 0 Å². The molecular formula is C30H21N. The molecule has 0 radical (unpaired) electrons. The molecule has 0 aliphatic carbocycles. The summed E-state index contributed by atoms with van der Waals surface area (Å²) in [5.74, 6) is 0. The van der Waals surface area contributed by atoms with Crippen molar-refractivity contribution >= 4 is 48.9 Å². The summed E-state index contributed by atoms with van der Waals surface area (Å²) in [5, 5.41) is 7.98. The third kappa shape index (κ3) is 2.21. The van der Waals surface area contributed by atoms with Gasteiger partial charge >= 0.3 is 0 Å². The Kier molecular flexibility index (Phi) is 3.20. The summed E-state index contributed by atoms with van der Waals surface area (Å²) < 4.78 is 2.47. The quantitative estimate of drug-likeness (QED) is 0.263. The lowest BCUT2D eigenvalue weighted by molar-refractivity contribution is 1.37. The molecule has 0 fully saturated rings. The maximum Gasteiger partial charge on any atom is 0.0621 e. The van der Waals surface area contributed by atoms with Crippen LogP contribution in [0.2, 0.25) is 0 Å². The molecule has 0 saturated heterocycles. The Morgan fingerprint density at radius 2 is 1.19 bits per heavy atom. The fourth-order valence-electron chi connectivity index (χ4n) is 5.58. The Balaban J connectivity index is 1.77. The summed E-state index contributed by atoms with van der Waals surface area (Å²) >= 11 is 0. The van der Waals surface area contributed by atoms with Crippen molar-refractivity contribution in [2.75, 3.05) is 0 Å². The van der Waals surface area contributed by atoms with E-state index >= 15 is 0 Å². The van der Waals surface area contributed by atoms with Crippen LogP contribution in [0.25, 0.3) is 60.0 Å². The van der Waals surface area contributed by atoms with Crippen molar-refractivity contribution in [2.24, 2.45) is 0 Å². The minimum absolute atomic E-state index is 1.28. The highest BCUT2D eigenvalue weighted by Gasteiger charge is 2.20. The molecule has 0 aliphatic rings. The van der Waals surface area contributed by atoms with E-state index in [4.69, 9.17) is 0 Å². The number of benzene rings is 5. The molecule has 7 rings (SSSR count). The van der Waals surface area contributed by atoms with Crippen molar-refractivity contribution in [1.29, 1.82) is 0 Å². The lowest BCUT2D eigenvalue weighted by atomic mass is 9.96. The highest BCUT2D eigenvalue weighted by Crippen LogP contribution is 2.43. The van der Waals surface area contributed by atoms with Crippen molar-refractivity contribution in [3.63, 3.8) is 0 Å². The highest BCUT2D eigenvalue weighted by atomic mass is 14.9. The molecule has 0 aliphatic heterocycles. The minimum Gasteiger partial charge on any atom is -0.308 e. The van der Waals surface area contributed by atoms with Gasteiger partial charge in [-0.05, 0) is 60.0 Å². The predicted molar refractivity (Wildman–Crippen MR) is 134 cm³/mol. The summed E-state index contributed by atoms with van der Waals surface area (Å²) in [6.07, 6.45) is 0. The zero-order valence-electron chi connectivity index (χ0n) is 17.6. The molecule has 1 nitrogen and oxygen atoms in total. The van der Waals surface area contributed by atoms with Gasteiger partial charge < -0.3 is 4.40 Å². The van der Waals surface area contributed by atoms with E-state index in [1.54, 1.807) is 0 Å². The van der Waals surface area contributed by atoms with Crippen molar-refractivity contribution in [3.8, 4) is 11.1 Å². The second-order valence-electron chi connectivity index (χ2n) is 8.83. The number of para-hydroxylation sites is 1. The van der Waals surface area contributed by atoms with Crippen molar-refractivity contribution < 1.29 is 0 Å². The van der Waals surface area contributed by atoms with Crippen LogP contribution in [0, 0.1) is 13.8 Å². The summed E-state index contributed by atoms with van der Waals surface area (Å²) in [7, 11) is 0. The van der Waals surface area contributed by atoms with Crippen LogP contribution in [0.15, 0.2) is 91.0 Å². The predicted octanol–water partition coefficient (Wildman–Crippen LogP) is 8.27. The number of rotatable bonds is 1. The van der Waals surface area contributed by atoms with E-state index in [0.29, 0.717) is 0 Å². The zero-order valence-corrected chi connectivity index (χ0v) is 17.6. The van der Waals surface area contributed by atoms with Crippen molar-refractivity contribution in [1.82, 2.24) is 4.40 Å². The Hall–Kier alpha value is -3.84. The first kappa shape index (κ1) is 16.9. The average Bonchev–Trinajstić information content (AvgIpc) is 3.30. The SMILES string of the molecule is Cc1cc(C)cc(-c2cc3c4ccccc4n4c5ccc6ccccc6c5c(c2)c34)c1. The van der Waals surface area contributed by atoms with Crippen LogP contribution in [0.4, 0.5) is 0 Å². The second kappa shape index (κ2) is 5.86. The van der Waals surface area contributed by atoms with Crippen LogP contribution in [0.1, 0.15) is 11.1 Å². The third-order valence-corrected chi connectivity index (χ3v) is 6.74. The van der Waals surface area contributed by atoms with E-state index in [0.717, 1.165) is 0 Å². The van der Waals surface area contributed by atoms with Crippen molar-refractivity contribution in [2.45, 2.75) is 13.8 Å². The lowest BCUT2D eigenvalue weighted by Crippen LogP contribution is -1.83. The Labute approximate surface area is 180 Å². The second-order valence-corrected chi connectivity index (χ2v) is 8.83. The Bertz CT molecular complexity index is 1780. The molecule has 0 N–H and O–H groups in total. The summed E-state index contributed by atoms with van der Waals surface area (Å²) in [6.45, 7) is 4.37. The number of fused-ring (bicyclic) bond motifs is 8. The molecule has 0 spiro atoms. The van der Waals surface area contributed by atoms with Crippen molar-refractivity contribution in [3.05, 3.63) is 102 Å². The summed E-state index contributed by atoms with van der Waals surface area (Å²) in [5.41, 5.74) is 9.10. The maximum atomic E-state index is 2.47. The van der Waals surface area contributed by atoms with Crippen LogP contribution >= 0.6 is 0 Å². The van der Waals surface area contributed by atoms with Gasteiger partial charge in [0.2, 0.25) is 0 Å². The van der Waals surface area contributed by atoms with Gasteiger partial charge in [-0.3, -0.25) is 0 Å². The van der Waals surface area contributed by atoms with Crippen LogP contribution in [-0.4, -0.2) is 4.40 Å². The molecule has 0 amide bonds. The summed E-state index contributed by atoms with van der Waals surface area (Å²) in [6, 6.07) is 33.8. The highest BCUT2D eigenvalue weighted by molar-refractivity contribution is 6.29.